The molecule has 144 valence electrons. The third kappa shape index (κ3) is 2.77. The third-order valence-electron chi connectivity index (χ3n) is 8.57. The van der Waals surface area contributed by atoms with E-state index in [1.54, 1.807) is 6.08 Å². The Labute approximate surface area is 182 Å². The molecule has 3 N–H and O–H groups in total. The molecule has 0 amide bonds. The SMILES string of the molecule is C[C@]12CCC(=O)C=C1CC[C@@H]1[C@@H]2[C@@H](O)C[C@@]2(C)[C@H]1CC[C@]2(O)C(=O)[CH-]O.[Na+]. The van der Waals surface area contributed by atoms with Crippen LogP contribution in [0, 0.1) is 35.2 Å². The van der Waals surface area contributed by atoms with Gasteiger partial charge in [0.1, 0.15) is 5.60 Å². The summed E-state index contributed by atoms with van der Waals surface area (Å²) in [6.45, 7) is 4.58. The van der Waals surface area contributed by atoms with E-state index in [1.807, 2.05) is 6.92 Å². The van der Waals surface area contributed by atoms with Crippen molar-refractivity contribution in [2.75, 3.05) is 0 Å². The molecular formula is C21H29NaO5. The summed E-state index contributed by atoms with van der Waals surface area (Å²) in [7, 11) is 0. The van der Waals surface area contributed by atoms with Gasteiger partial charge in [-0.3, -0.25) is 4.79 Å². The molecule has 4 aliphatic carbocycles. The maximum absolute atomic E-state index is 12.3. The fraction of sp³-hybridized carbons (Fsp3) is 0.762. The number of carbonyl (C=O) groups is 2. The summed E-state index contributed by atoms with van der Waals surface area (Å²) in [6.07, 6.45) is 5.62. The molecule has 0 spiro atoms. The zero-order chi connectivity index (χ0) is 18.9. The molecule has 0 aromatic heterocycles. The average molecular weight is 384 g/mol. The Morgan fingerprint density at radius 3 is 2.59 bits per heavy atom. The summed E-state index contributed by atoms with van der Waals surface area (Å²) in [5.74, 6) is -0.0333. The van der Waals surface area contributed by atoms with Crippen LogP contribution in [0.25, 0.3) is 0 Å². The number of rotatable bonds is 2. The molecule has 0 aromatic carbocycles. The second-order valence-corrected chi connectivity index (χ2v) is 9.47. The summed E-state index contributed by atoms with van der Waals surface area (Å²) < 4.78 is 0. The molecule has 3 saturated carbocycles. The minimum atomic E-state index is -1.60. The quantitative estimate of drug-likeness (QED) is 0.434. The molecule has 0 bridgehead atoms. The minimum absolute atomic E-state index is 0. The molecule has 0 aliphatic heterocycles. The average Bonchev–Trinajstić information content (AvgIpc) is 2.86. The Balaban J connectivity index is 0.00000210. The van der Waals surface area contributed by atoms with E-state index in [0.29, 0.717) is 25.9 Å². The van der Waals surface area contributed by atoms with Crippen molar-refractivity contribution < 1.29 is 54.5 Å². The Morgan fingerprint density at radius 1 is 1.22 bits per heavy atom. The number of fused-ring (bicyclic) bond motifs is 5. The Bertz CT molecular complexity index is 690. The molecule has 0 unspecified atom stereocenters. The molecule has 3 fully saturated rings. The zero-order valence-corrected chi connectivity index (χ0v) is 18.6. The Kier molecular flexibility index (Phi) is 5.55. The van der Waals surface area contributed by atoms with Crippen molar-refractivity contribution in [1.82, 2.24) is 0 Å². The first kappa shape index (κ1) is 21.5. The molecule has 7 atom stereocenters. The monoisotopic (exact) mass is 384 g/mol. The van der Waals surface area contributed by atoms with Crippen molar-refractivity contribution in [2.24, 2.45) is 28.6 Å². The van der Waals surface area contributed by atoms with Crippen LogP contribution in [0.2, 0.25) is 0 Å². The van der Waals surface area contributed by atoms with Crippen molar-refractivity contribution in [3.8, 4) is 0 Å². The first-order valence-corrected chi connectivity index (χ1v) is 9.83. The van der Waals surface area contributed by atoms with E-state index in [-0.39, 0.29) is 58.5 Å². The van der Waals surface area contributed by atoms with Gasteiger partial charge < -0.3 is 20.1 Å². The van der Waals surface area contributed by atoms with Gasteiger partial charge in [0, 0.05) is 11.8 Å². The molecule has 0 heterocycles. The van der Waals surface area contributed by atoms with E-state index >= 15 is 0 Å². The van der Waals surface area contributed by atoms with Gasteiger partial charge in [0.25, 0.3) is 0 Å². The smallest absolute Gasteiger partial charge is 0.540 e. The molecule has 27 heavy (non-hydrogen) atoms. The number of aliphatic hydroxyl groups is 3. The fourth-order valence-corrected chi connectivity index (χ4v) is 7.20. The van der Waals surface area contributed by atoms with Crippen LogP contribution in [0.15, 0.2) is 11.6 Å². The molecule has 0 aromatic rings. The molecule has 5 nitrogen and oxygen atoms in total. The van der Waals surface area contributed by atoms with Crippen LogP contribution >= 0.6 is 0 Å². The summed E-state index contributed by atoms with van der Waals surface area (Å²) >= 11 is 0. The van der Waals surface area contributed by atoms with Crippen molar-refractivity contribution >= 4 is 11.6 Å². The van der Waals surface area contributed by atoms with Gasteiger partial charge in [0.2, 0.25) is 0 Å². The molecule has 0 radical (unpaired) electrons. The number of hydrogen-bond donors (Lipinski definition) is 3. The number of Topliss-reactive ketones (excluding diaryl/α,β-unsaturated/α-hetero) is 1. The predicted octanol–water partition coefficient (Wildman–Crippen LogP) is -0.672. The van der Waals surface area contributed by atoms with E-state index in [1.165, 1.54) is 5.57 Å². The number of aliphatic hydroxyl groups excluding tert-OH is 2. The van der Waals surface area contributed by atoms with Gasteiger partial charge in [0.15, 0.2) is 5.78 Å². The van der Waals surface area contributed by atoms with Gasteiger partial charge in [-0.25, -0.2) is 6.61 Å². The number of carbonyl (C=O) groups excluding carboxylic acids is 2. The fourth-order valence-electron chi connectivity index (χ4n) is 7.20. The van der Waals surface area contributed by atoms with E-state index in [9.17, 15) is 24.9 Å². The maximum Gasteiger partial charge on any atom is 1.00 e. The number of hydrogen-bond acceptors (Lipinski definition) is 5. The second-order valence-electron chi connectivity index (χ2n) is 9.47. The van der Waals surface area contributed by atoms with Crippen molar-refractivity contribution in [2.45, 2.75) is 70.5 Å². The first-order chi connectivity index (χ1) is 12.2. The molecule has 4 rings (SSSR count). The van der Waals surface area contributed by atoms with Crippen LogP contribution in [-0.2, 0) is 9.59 Å². The number of ketones is 2. The topological polar surface area (TPSA) is 94.8 Å². The van der Waals surface area contributed by atoms with Crippen molar-refractivity contribution in [3.63, 3.8) is 0 Å². The Hall–Kier alpha value is -0.170. The summed E-state index contributed by atoms with van der Waals surface area (Å²) in [5, 5.41) is 31.6. The maximum atomic E-state index is 12.3. The summed E-state index contributed by atoms with van der Waals surface area (Å²) in [4.78, 5) is 24.2. The van der Waals surface area contributed by atoms with Crippen LogP contribution < -0.4 is 29.6 Å². The van der Waals surface area contributed by atoms with Gasteiger partial charge in [-0.15, -0.1) is 0 Å². The summed E-state index contributed by atoms with van der Waals surface area (Å²) in [6, 6.07) is 0. The van der Waals surface area contributed by atoms with E-state index in [0.717, 1.165) is 25.7 Å². The van der Waals surface area contributed by atoms with Crippen LogP contribution in [0.4, 0.5) is 0 Å². The van der Waals surface area contributed by atoms with E-state index in [4.69, 9.17) is 0 Å². The first-order valence-electron chi connectivity index (χ1n) is 9.83. The molecular weight excluding hydrogens is 355 g/mol. The van der Waals surface area contributed by atoms with Crippen LogP contribution in [0.5, 0.6) is 0 Å². The molecule has 0 saturated heterocycles. The largest absolute Gasteiger partial charge is 1.00 e. The van der Waals surface area contributed by atoms with E-state index in [2.05, 4.69) is 6.92 Å². The standard InChI is InChI=1S/C21H29O5.Na/c1-19-7-5-13(23)9-12(19)3-4-14-15-6-8-21(26,17(25)11-22)20(15,2)10-16(24)18(14)19;/h9,11,14-16,18,22,24,26H,3-8,10H2,1-2H3;/q-1;+1/t14-,15-,16-,18+,19-,20-,21-;/m0./s1. The van der Waals surface area contributed by atoms with Gasteiger partial charge in [-0.1, -0.05) is 19.4 Å². The molecule has 4 aliphatic rings. The van der Waals surface area contributed by atoms with Crippen LogP contribution in [0.3, 0.4) is 0 Å². The third-order valence-corrected chi connectivity index (χ3v) is 8.57. The van der Waals surface area contributed by atoms with Gasteiger partial charge in [-0.05, 0) is 67.8 Å². The van der Waals surface area contributed by atoms with Gasteiger partial charge in [-0.2, -0.15) is 0 Å². The van der Waals surface area contributed by atoms with E-state index < -0.39 is 22.9 Å². The van der Waals surface area contributed by atoms with Crippen molar-refractivity contribution in [1.29, 1.82) is 0 Å². The zero-order valence-electron chi connectivity index (χ0n) is 16.6. The Morgan fingerprint density at radius 2 is 1.93 bits per heavy atom. The molecule has 6 heteroatoms. The second kappa shape index (κ2) is 6.96. The predicted molar refractivity (Wildman–Crippen MR) is 94.3 cm³/mol. The van der Waals surface area contributed by atoms with Crippen molar-refractivity contribution in [3.05, 3.63) is 18.3 Å². The van der Waals surface area contributed by atoms with Crippen LogP contribution in [0.1, 0.15) is 58.8 Å². The van der Waals surface area contributed by atoms with Crippen LogP contribution in [-0.4, -0.2) is 38.6 Å². The normalized spacial score (nSPS) is 48.5. The number of allylic oxidation sites excluding steroid dienone is 1. The van der Waals surface area contributed by atoms with Gasteiger partial charge in [0.05, 0.1) is 11.9 Å². The minimum Gasteiger partial charge on any atom is -0.540 e. The summed E-state index contributed by atoms with van der Waals surface area (Å²) in [5.41, 5.74) is -1.33. The van der Waals surface area contributed by atoms with Gasteiger partial charge >= 0.3 is 29.6 Å².